The normalized spacial score (nSPS) is 20.7. The van der Waals surface area contributed by atoms with Gasteiger partial charge in [-0.05, 0) is 43.9 Å². The van der Waals surface area contributed by atoms with E-state index in [0.29, 0.717) is 6.04 Å². The van der Waals surface area contributed by atoms with E-state index in [9.17, 15) is 0 Å². The quantitative estimate of drug-likeness (QED) is 0.882. The second kappa shape index (κ2) is 4.99. The van der Waals surface area contributed by atoms with Gasteiger partial charge in [-0.25, -0.2) is 0 Å². The molecule has 0 unspecified atom stereocenters. The fourth-order valence-electron chi connectivity index (χ4n) is 2.66. The summed E-state index contributed by atoms with van der Waals surface area (Å²) >= 11 is 0. The lowest BCUT2D eigenvalue weighted by Crippen LogP contribution is -2.43. The first-order chi connectivity index (χ1) is 8.85. The smallest absolute Gasteiger partial charge is 0.0992 e. The Morgan fingerprint density at radius 1 is 1.11 bits per heavy atom. The third kappa shape index (κ3) is 2.65. The number of benzene rings is 1. The monoisotopic (exact) mass is 241 g/mol. The molecule has 18 heavy (non-hydrogen) atoms. The zero-order chi connectivity index (χ0) is 12.4. The maximum absolute atomic E-state index is 8.93. The van der Waals surface area contributed by atoms with Gasteiger partial charge in [-0.15, -0.1) is 0 Å². The molecule has 1 heterocycles. The Labute approximate surface area is 108 Å². The predicted molar refractivity (Wildman–Crippen MR) is 72.5 cm³/mol. The van der Waals surface area contributed by atoms with Crippen molar-refractivity contribution >= 4 is 5.69 Å². The Kier molecular flexibility index (Phi) is 3.21. The van der Waals surface area contributed by atoms with Crippen molar-refractivity contribution < 1.29 is 0 Å². The fraction of sp³-hybridized carbons (Fsp3) is 0.533. The maximum atomic E-state index is 8.93. The van der Waals surface area contributed by atoms with Gasteiger partial charge in [-0.3, -0.25) is 0 Å². The summed E-state index contributed by atoms with van der Waals surface area (Å²) < 4.78 is 0. The van der Waals surface area contributed by atoms with Crippen LogP contribution in [0.1, 0.15) is 31.2 Å². The third-order valence-corrected chi connectivity index (χ3v) is 3.88. The molecule has 3 nitrogen and oxygen atoms in total. The number of rotatable bonds is 3. The molecule has 0 spiro atoms. The van der Waals surface area contributed by atoms with Crippen LogP contribution in [-0.4, -0.2) is 25.2 Å². The molecule has 94 valence electrons. The van der Waals surface area contributed by atoms with E-state index in [-0.39, 0.29) is 0 Å². The largest absolute Gasteiger partial charge is 0.371 e. The number of nitriles is 1. The maximum Gasteiger partial charge on any atom is 0.0992 e. The van der Waals surface area contributed by atoms with Crippen LogP contribution in [0.2, 0.25) is 0 Å². The van der Waals surface area contributed by atoms with Crippen LogP contribution in [0.25, 0.3) is 0 Å². The van der Waals surface area contributed by atoms with Gasteiger partial charge in [0.2, 0.25) is 0 Å². The molecule has 0 aromatic heterocycles. The van der Waals surface area contributed by atoms with Crippen LogP contribution in [0, 0.1) is 11.3 Å². The lowest BCUT2D eigenvalue weighted by molar-refractivity contribution is 0.413. The summed E-state index contributed by atoms with van der Waals surface area (Å²) in [7, 11) is 0. The number of hydrogen-bond acceptors (Lipinski definition) is 3. The van der Waals surface area contributed by atoms with Gasteiger partial charge >= 0.3 is 0 Å². The first-order valence-corrected chi connectivity index (χ1v) is 6.86. The highest BCUT2D eigenvalue weighted by Gasteiger charge is 2.27. The minimum atomic E-state index is 0.702. The number of piperidine rings is 1. The van der Waals surface area contributed by atoms with Gasteiger partial charge in [0.25, 0.3) is 0 Å². The van der Waals surface area contributed by atoms with Gasteiger partial charge in [0.05, 0.1) is 11.6 Å². The number of hydrogen-bond donors (Lipinski definition) is 1. The first-order valence-electron chi connectivity index (χ1n) is 6.86. The molecular weight excluding hydrogens is 222 g/mol. The Bertz CT molecular complexity index is 451. The van der Waals surface area contributed by atoms with Crippen LogP contribution in [-0.2, 0) is 0 Å². The molecule has 1 aromatic carbocycles. The van der Waals surface area contributed by atoms with E-state index < -0.39 is 0 Å². The summed E-state index contributed by atoms with van der Waals surface area (Å²) in [5.74, 6) is 0. The molecule has 1 aliphatic heterocycles. The van der Waals surface area contributed by atoms with Gasteiger partial charge in [-0.2, -0.15) is 5.26 Å². The number of nitrogens with zero attached hydrogens (tertiary/aromatic N) is 2. The molecular formula is C15H19N3. The van der Waals surface area contributed by atoms with Crippen LogP contribution in [0.4, 0.5) is 5.69 Å². The van der Waals surface area contributed by atoms with Crippen LogP contribution >= 0.6 is 0 Å². The van der Waals surface area contributed by atoms with Gasteiger partial charge in [0.1, 0.15) is 0 Å². The van der Waals surface area contributed by atoms with Crippen molar-refractivity contribution in [3.8, 4) is 6.07 Å². The van der Waals surface area contributed by atoms with E-state index in [2.05, 4.69) is 22.4 Å². The summed E-state index contributed by atoms with van der Waals surface area (Å²) in [6, 6.07) is 11.7. The van der Waals surface area contributed by atoms with Crippen molar-refractivity contribution in [3.05, 3.63) is 29.8 Å². The molecule has 0 radical (unpaired) electrons. The lowest BCUT2D eigenvalue weighted by atomic mass is 10.0. The Balaban J connectivity index is 1.59. The summed E-state index contributed by atoms with van der Waals surface area (Å²) in [5, 5.41) is 12.6. The van der Waals surface area contributed by atoms with Gasteiger partial charge in [0, 0.05) is 30.9 Å². The summed E-state index contributed by atoms with van der Waals surface area (Å²) in [5.41, 5.74) is 1.95. The fourth-order valence-corrected chi connectivity index (χ4v) is 2.66. The first kappa shape index (κ1) is 11.6. The molecule has 2 aliphatic rings. The van der Waals surface area contributed by atoms with Crippen molar-refractivity contribution in [2.45, 2.75) is 37.8 Å². The lowest BCUT2D eigenvalue weighted by Gasteiger charge is -2.34. The minimum Gasteiger partial charge on any atom is -0.371 e. The molecule has 0 amide bonds. The molecule has 2 fully saturated rings. The van der Waals surface area contributed by atoms with E-state index in [0.717, 1.165) is 24.7 Å². The zero-order valence-corrected chi connectivity index (χ0v) is 10.6. The molecule has 0 bridgehead atoms. The average Bonchev–Trinajstić information content (AvgIpc) is 3.24. The summed E-state index contributed by atoms with van der Waals surface area (Å²) in [6.07, 6.45) is 5.16. The van der Waals surface area contributed by atoms with Gasteiger partial charge in [0.15, 0.2) is 0 Å². The van der Waals surface area contributed by atoms with Crippen molar-refractivity contribution in [3.63, 3.8) is 0 Å². The standard InChI is InChI=1S/C15H19N3/c16-11-12-2-1-3-15(10-12)18-8-6-14(7-9-18)17-13-4-5-13/h1-3,10,13-14,17H,4-9H2. The van der Waals surface area contributed by atoms with Crippen LogP contribution in [0.5, 0.6) is 0 Å². The predicted octanol–water partition coefficient (Wildman–Crippen LogP) is 2.28. The van der Waals surface area contributed by atoms with E-state index in [1.54, 1.807) is 0 Å². The molecule has 1 aromatic rings. The second-order valence-electron chi connectivity index (χ2n) is 5.36. The Morgan fingerprint density at radius 3 is 2.50 bits per heavy atom. The average molecular weight is 241 g/mol. The molecule has 1 N–H and O–H groups in total. The van der Waals surface area contributed by atoms with E-state index in [1.165, 1.54) is 31.4 Å². The highest BCUT2D eigenvalue weighted by Crippen LogP contribution is 2.24. The minimum absolute atomic E-state index is 0.702. The summed E-state index contributed by atoms with van der Waals surface area (Å²) in [4.78, 5) is 2.39. The highest BCUT2D eigenvalue weighted by molar-refractivity contribution is 5.51. The summed E-state index contributed by atoms with van der Waals surface area (Å²) in [6.45, 7) is 2.19. The topological polar surface area (TPSA) is 39.1 Å². The van der Waals surface area contributed by atoms with Crippen LogP contribution < -0.4 is 10.2 Å². The third-order valence-electron chi connectivity index (χ3n) is 3.88. The van der Waals surface area contributed by atoms with Crippen molar-refractivity contribution in [2.24, 2.45) is 0 Å². The van der Waals surface area contributed by atoms with Crippen molar-refractivity contribution in [2.75, 3.05) is 18.0 Å². The van der Waals surface area contributed by atoms with E-state index in [1.807, 2.05) is 18.2 Å². The molecule has 0 atom stereocenters. The molecule has 1 saturated heterocycles. The van der Waals surface area contributed by atoms with Crippen LogP contribution in [0.3, 0.4) is 0 Å². The molecule has 1 aliphatic carbocycles. The van der Waals surface area contributed by atoms with Crippen LogP contribution in [0.15, 0.2) is 24.3 Å². The van der Waals surface area contributed by atoms with Crippen molar-refractivity contribution in [1.82, 2.24) is 5.32 Å². The second-order valence-corrected chi connectivity index (χ2v) is 5.36. The van der Waals surface area contributed by atoms with Gasteiger partial charge in [-0.1, -0.05) is 6.07 Å². The van der Waals surface area contributed by atoms with E-state index >= 15 is 0 Å². The van der Waals surface area contributed by atoms with Crippen molar-refractivity contribution in [1.29, 1.82) is 5.26 Å². The number of anilines is 1. The molecule has 1 saturated carbocycles. The highest BCUT2D eigenvalue weighted by atomic mass is 15.2. The zero-order valence-electron chi connectivity index (χ0n) is 10.6. The Hall–Kier alpha value is -1.53. The molecule has 3 heteroatoms. The number of nitrogens with one attached hydrogen (secondary N) is 1. The SMILES string of the molecule is N#Cc1cccc(N2CCC(NC3CC3)CC2)c1. The Morgan fingerprint density at radius 2 is 1.83 bits per heavy atom. The molecule has 3 rings (SSSR count). The van der Waals surface area contributed by atoms with E-state index in [4.69, 9.17) is 5.26 Å². The van der Waals surface area contributed by atoms with Gasteiger partial charge < -0.3 is 10.2 Å².